The van der Waals surface area contributed by atoms with E-state index in [1.807, 2.05) is 25.1 Å². The molecule has 0 bridgehead atoms. The minimum absolute atomic E-state index is 0.223. The van der Waals surface area contributed by atoms with E-state index in [0.29, 0.717) is 31.2 Å². The molecule has 1 aromatic carbocycles. The fourth-order valence-electron chi connectivity index (χ4n) is 2.84. The molecule has 0 spiro atoms. The highest BCUT2D eigenvalue weighted by Crippen LogP contribution is 2.16. The Morgan fingerprint density at radius 1 is 1.10 bits per heavy atom. The van der Waals surface area contributed by atoms with Gasteiger partial charge >= 0.3 is 0 Å². The molecule has 0 aliphatic heterocycles. The fourth-order valence-corrected chi connectivity index (χ4v) is 2.84. The summed E-state index contributed by atoms with van der Waals surface area (Å²) in [7, 11) is 0. The van der Waals surface area contributed by atoms with Crippen LogP contribution in [-0.4, -0.2) is 25.3 Å². The molecule has 0 amide bonds. The van der Waals surface area contributed by atoms with Crippen molar-refractivity contribution in [1.82, 2.24) is 25.3 Å². The molecule has 4 rings (SSSR count). The van der Waals surface area contributed by atoms with Gasteiger partial charge in [0.1, 0.15) is 28.9 Å². The zero-order valence-corrected chi connectivity index (χ0v) is 15.8. The molecule has 3 N–H and O–H groups in total. The van der Waals surface area contributed by atoms with Gasteiger partial charge in [0, 0.05) is 18.3 Å². The molecule has 9 heteroatoms. The van der Waals surface area contributed by atoms with Gasteiger partial charge in [0.2, 0.25) is 5.95 Å². The van der Waals surface area contributed by atoms with Crippen LogP contribution in [0.15, 0.2) is 53.2 Å². The van der Waals surface area contributed by atoms with Gasteiger partial charge in [-0.3, -0.25) is 5.10 Å². The van der Waals surface area contributed by atoms with Gasteiger partial charge in [0.15, 0.2) is 0 Å². The average molecular weight is 393 g/mol. The number of nitrogens with one attached hydrogen (secondary N) is 3. The van der Waals surface area contributed by atoms with E-state index < -0.39 is 0 Å². The van der Waals surface area contributed by atoms with Crippen molar-refractivity contribution in [3.63, 3.8) is 0 Å². The molecule has 0 atom stereocenters. The van der Waals surface area contributed by atoms with Gasteiger partial charge in [0.25, 0.3) is 0 Å². The summed E-state index contributed by atoms with van der Waals surface area (Å²) in [5, 5.41) is 17.4. The molecule has 3 heterocycles. The standard InChI is InChI=1S/C20H20FN7O/c1-13-9-17(28-29-13)12-23-20-22-8-7-18(25-20)24-19-11-16(26-27-19)6-5-14-3-2-4-15(21)10-14/h2-4,7-11H,5-6,12H2,1H3,(H3,22,23,24,25,26,27). The second kappa shape index (κ2) is 8.51. The first-order valence-electron chi connectivity index (χ1n) is 9.19. The number of nitrogens with zero attached hydrogens (tertiary/aromatic N) is 4. The molecule has 0 aliphatic rings. The number of anilines is 3. The zero-order chi connectivity index (χ0) is 20.1. The Labute approximate surface area is 166 Å². The normalized spacial score (nSPS) is 10.8. The predicted molar refractivity (Wildman–Crippen MR) is 106 cm³/mol. The minimum Gasteiger partial charge on any atom is -0.361 e. The number of aryl methyl sites for hydroxylation is 3. The van der Waals surface area contributed by atoms with E-state index >= 15 is 0 Å². The highest BCUT2D eigenvalue weighted by atomic mass is 19.1. The SMILES string of the molecule is Cc1cc(CNc2nccc(Nc3cc(CCc4cccc(F)c4)n[nH]3)n2)no1. The number of hydrogen-bond donors (Lipinski definition) is 3. The minimum atomic E-state index is -0.223. The number of benzene rings is 1. The molecule has 0 unspecified atom stereocenters. The summed E-state index contributed by atoms with van der Waals surface area (Å²) in [5.41, 5.74) is 2.60. The van der Waals surface area contributed by atoms with E-state index in [9.17, 15) is 4.39 Å². The number of H-pyrrole nitrogens is 1. The number of hydrogen-bond acceptors (Lipinski definition) is 7. The van der Waals surface area contributed by atoms with Crippen LogP contribution in [0.4, 0.5) is 22.0 Å². The Hall–Kier alpha value is -3.75. The molecule has 8 nitrogen and oxygen atoms in total. The van der Waals surface area contributed by atoms with Crippen molar-refractivity contribution in [1.29, 1.82) is 0 Å². The first-order chi connectivity index (χ1) is 14.1. The largest absolute Gasteiger partial charge is 0.361 e. The van der Waals surface area contributed by atoms with Crippen LogP contribution in [0.2, 0.25) is 0 Å². The molecule has 0 radical (unpaired) electrons. The van der Waals surface area contributed by atoms with Crippen LogP contribution in [0.3, 0.4) is 0 Å². The molecular formula is C20H20FN7O. The first kappa shape index (κ1) is 18.6. The van der Waals surface area contributed by atoms with Gasteiger partial charge in [-0.25, -0.2) is 9.37 Å². The number of aromatic amines is 1. The Kier molecular flexibility index (Phi) is 5.46. The average Bonchev–Trinajstić information content (AvgIpc) is 3.34. The monoisotopic (exact) mass is 393 g/mol. The van der Waals surface area contributed by atoms with Crippen LogP contribution >= 0.6 is 0 Å². The second-order valence-corrected chi connectivity index (χ2v) is 6.58. The Balaban J connectivity index is 1.33. The highest BCUT2D eigenvalue weighted by molar-refractivity contribution is 5.53. The molecule has 0 saturated heterocycles. The number of aromatic nitrogens is 5. The smallest absolute Gasteiger partial charge is 0.224 e. The highest BCUT2D eigenvalue weighted by Gasteiger charge is 2.06. The third-order valence-corrected chi connectivity index (χ3v) is 4.21. The lowest BCUT2D eigenvalue weighted by atomic mass is 10.1. The first-order valence-corrected chi connectivity index (χ1v) is 9.19. The Morgan fingerprint density at radius 2 is 2.03 bits per heavy atom. The molecule has 4 aromatic rings. The van der Waals surface area contributed by atoms with E-state index in [4.69, 9.17) is 4.52 Å². The Morgan fingerprint density at radius 3 is 2.86 bits per heavy atom. The van der Waals surface area contributed by atoms with Crippen LogP contribution in [0, 0.1) is 12.7 Å². The molecular weight excluding hydrogens is 373 g/mol. The quantitative estimate of drug-likeness (QED) is 0.418. The molecule has 0 saturated carbocycles. The lowest BCUT2D eigenvalue weighted by Gasteiger charge is -2.05. The van der Waals surface area contributed by atoms with Gasteiger partial charge < -0.3 is 15.2 Å². The maximum absolute atomic E-state index is 13.3. The summed E-state index contributed by atoms with van der Waals surface area (Å²) in [5.74, 6) is 2.35. The van der Waals surface area contributed by atoms with Gasteiger partial charge in [-0.15, -0.1) is 0 Å². The molecule has 0 fully saturated rings. The number of halogens is 1. The summed E-state index contributed by atoms with van der Waals surface area (Å²) >= 11 is 0. The maximum atomic E-state index is 13.3. The second-order valence-electron chi connectivity index (χ2n) is 6.58. The van der Waals surface area contributed by atoms with E-state index in [0.717, 1.165) is 28.5 Å². The van der Waals surface area contributed by atoms with Crippen LogP contribution in [-0.2, 0) is 19.4 Å². The van der Waals surface area contributed by atoms with Crippen molar-refractivity contribution < 1.29 is 8.91 Å². The van der Waals surface area contributed by atoms with Crippen molar-refractivity contribution in [2.75, 3.05) is 10.6 Å². The van der Waals surface area contributed by atoms with Gasteiger partial charge in [-0.05, 0) is 43.5 Å². The third kappa shape index (κ3) is 5.16. The van der Waals surface area contributed by atoms with E-state index in [-0.39, 0.29) is 5.82 Å². The third-order valence-electron chi connectivity index (χ3n) is 4.21. The molecule has 0 aliphatic carbocycles. The Bertz CT molecular complexity index is 1090. The molecule has 3 aromatic heterocycles. The lowest BCUT2D eigenvalue weighted by Crippen LogP contribution is -2.05. The summed E-state index contributed by atoms with van der Waals surface area (Å²) in [6.45, 7) is 2.31. The maximum Gasteiger partial charge on any atom is 0.224 e. The summed E-state index contributed by atoms with van der Waals surface area (Å²) in [6.07, 6.45) is 3.08. The van der Waals surface area contributed by atoms with Gasteiger partial charge in [-0.1, -0.05) is 17.3 Å². The van der Waals surface area contributed by atoms with Crippen molar-refractivity contribution in [3.05, 3.63) is 77.2 Å². The van der Waals surface area contributed by atoms with Crippen LogP contribution in [0.25, 0.3) is 0 Å². The summed E-state index contributed by atoms with van der Waals surface area (Å²) in [4.78, 5) is 8.62. The summed E-state index contributed by atoms with van der Waals surface area (Å²) < 4.78 is 18.3. The van der Waals surface area contributed by atoms with E-state index in [1.54, 1.807) is 24.4 Å². The van der Waals surface area contributed by atoms with Gasteiger partial charge in [-0.2, -0.15) is 10.1 Å². The van der Waals surface area contributed by atoms with Crippen molar-refractivity contribution >= 4 is 17.6 Å². The fraction of sp³-hybridized carbons (Fsp3) is 0.200. The van der Waals surface area contributed by atoms with E-state index in [2.05, 4.69) is 36.0 Å². The van der Waals surface area contributed by atoms with Crippen LogP contribution in [0.5, 0.6) is 0 Å². The molecule has 29 heavy (non-hydrogen) atoms. The van der Waals surface area contributed by atoms with Crippen molar-refractivity contribution in [3.8, 4) is 0 Å². The van der Waals surface area contributed by atoms with E-state index in [1.165, 1.54) is 6.07 Å². The van der Waals surface area contributed by atoms with Crippen LogP contribution < -0.4 is 10.6 Å². The predicted octanol–water partition coefficient (Wildman–Crippen LogP) is 3.78. The molecule has 148 valence electrons. The lowest BCUT2D eigenvalue weighted by molar-refractivity contribution is 0.391. The van der Waals surface area contributed by atoms with Gasteiger partial charge in [0.05, 0.1) is 12.2 Å². The summed E-state index contributed by atoms with van der Waals surface area (Å²) in [6, 6.07) is 12.1. The number of rotatable bonds is 8. The van der Waals surface area contributed by atoms with Crippen LogP contribution in [0.1, 0.15) is 22.7 Å². The van der Waals surface area contributed by atoms with Crippen molar-refractivity contribution in [2.45, 2.75) is 26.3 Å². The topological polar surface area (TPSA) is 105 Å². The van der Waals surface area contributed by atoms with Crippen molar-refractivity contribution in [2.24, 2.45) is 0 Å². The zero-order valence-electron chi connectivity index (χ0n) is 15.8.